The van der Waals surface area contributed by atoms with Crippen LogP contribution in [-0.2, 0) is 14.3 Å². The van der Waals surface area contributed by atoms with Crippen LogP contribution in [0.4, 0.5) is 0 Å². The predicted octanol–water partition coefficient (Wildman–Crippen LogP) is 3.04. The maximum atomic E-state index is 10.7. The molecule has 0 unspecified atom stereocenters. The number of hydrogen-bond acceptors (Lipinski definition) is 3. The van der Waals surface area contributed by atoms with Crippen LogP contribution >= 0.6 is 0 Å². The first-order valence-electron chi connectivity index (χ1n) is 5.99. The quantitative estimate of drug-likeness (QED) is 0.249. The van der Waals surface area contributed by atoms with Crippen LogP contribution < -0.4 is 0 Å². The third-order valence-corrected chi connectivity index (χ3v) is 2.40. The maximum Gasteiger partial charge on any atom is 0.330 e. The van der Waals surface area contributed by atoms with E-state index in [-0.39, 0.29) is 5.97 Å². The lowest BCUT2D eigenvalue weighted by molar-refractivity contribution is -0.134. The molecule has 0 fully saturated rings. The Kier molecular flexibility index (Phi) is 11.1. The van der Waals surface area contributed by atoms with E-state index in [1.54, 1.807) is 0 Å². The van der Waals surface area contributed by atoms with Gasteiger partial charge in [0.15, 0.2) is 0 Å². The Balaban J connectivity index is 3.12. The fraction of sp³-hybridized carbons (Fsp3) is 0.692. The number of carbonyl (C=O) groups excluding carboxylic acids is 2. The monoisotopic (exact) mass is 226 g/mol. The zero-order chi connectivity index (χ0) is 12.1. The molecule has 0 aliphatic rings. The van der Waals surface area contributed by atoms with Crippen LogP contribution in [0.15, 0.2) is 12.2 Å². The van der Waals surface area contributed by atoms with E-state index in [1.165, 1.54) is 32.4 Å². The lowest BCUT2D eigenvalue weighted by Gasteiger charge is -1.98. The van der Waals surface area contributed by atoms with Crippen LogP contribution in [0.25, 0.3) is 0 Å². The zero-order valence-electron chi connectivity index (χ0n) is 10.1. The lowest BCUT2D eigenvalue weighted by Crippen LogP contribution is -1.93. The Morgan fingerprint density at radius 3 is 2.12 bits per heavy atom. The number of methoxy groups -OCH3 is 1. The standard InChI is InChI=1S/C13H22O3/c1-16-13(15)11-9-7-5-3-2-4-6-8-10-12-14/h9,11-12H,2-8,10H2,1H3. The molecule has 92 valence electrons. The van der Waals surface area contributed by atoms with E-state index in [4.69, 9.17) is 0 Å². The summed E-state index contributed by atoms with van der Waals surface area (Å²) < 4.78 is 4.48. The van der Waals surface area contributed by atoms with Gasteiger partial charge < -0.3 is 9.53 Å². The lowest BCUT2D eigenvalue weighted by atomic mass is 10.1. The number of hydrogen-bond donors (Lipinski definition) is 0. The Morgan fingerprint density at radius 2 is 1.56 bits per heavy atom. The molecule has 0 N–H and O–H groups in total. The SMILES string of the molecule is COC(=O)C=CCCCCCCCCC=O. The second kappa shape index (κ2) is 12.0. The minimum atomic E-state index is -0.283. The van der Waals surface area contributed by atoms with E-state index >= 15 is 0 Å². The zero-order valence-corrected chi connectivity index (χ0v) is 10.1. The van der Waals surface area contributed by atoms with Crippen molar-refractivity contribution in [2.75, 3.05) is 7.11 Å². The summed E-state index contributed by atoms with van der Waals surface area (Å²) in [5.41, 5.74) is 0. The van der Waals surface area contributed by atoms with Gasteiger partial charge in [0.05, 0.1) is 7.11 Å². The second-order valence-electron chi connectivity index (χ2n) is 3.79. The van der Waals surface area contributed by atoms with Gasteiger partial charge in [0.2, 0.25) is 0 Å². The minimum absolute atomic E-state index is 0.283. The first kappa shape index (κ1) is 14.9. The van der Waals surface area contributed by atoms with Gasteiger partial charge in [0.1, 0.15) is 6.29 Å². The van der Waals surface area contributed by atoms with Crippen molar-refractivity contribution < 1.29 is 14.3 Å². The summed E-state index contributed by atoms with van der Waals surface area (Å²) in [6.07, 6.45) is 12.8. The van der Waals surface area contributed by atoms with E-state index in [0.29, 0.717) is 6.42 Å². The molecule has 0 aromatic carbocycles. The molecule has 0 aliphatic carbocycles. The topological polar surface area (TPSA) is 43.4 Å². The highest BCUT2D eigenvalue weighted by Crippen LogP contribution is 2.08. The first-order chi connectivity index (χ1) is 7.81. The average molecular weight is 226 g/mol. The van der Waals surface area contributed by atoms with Crippen LogP contribution in [0, 0.1) is 0 Å². The Labute approximate surface area is 97.9 Å². The molecule has 0 rings (SSSR count). The number of aldehydes is 1. The molecule has 0 atom stereocenters. The third kappa shape index (κ3) is 11.0. The molecule has 0 aliphatic heterocycles. The summed E-state index contributed by atoms with van der Waals surface area (Å²) in [6.45, 7) is 0. The van der Waals surface area contributed by atoms with Gasteiger partial charge in [0.25, 0.3) is 0 Å². The van der Waals surface area contributed by atoms with Crippen molar-refractivity contribution >= 4 is 12.3 Å². The van der Waals surface area contributed by atoms with Crippen molar-refractivity contribution in [2.24, 2.45) is 0 Å². The van der Waals surface area contributed by atoms with Crippen molar-refractivity contribution in [3.63, 3.8) is 0 Å². The van der Waals surface area contributed by atoms with Crippen molar-refractivity contribution in [2.45, 2.75) is 51.4 Å². The van der Waals surface area contributed by atoms with Gasteiger partial charge in [-0.1, -0.05) is 31.8 Å². The fourth-order valence-electron chi connectivity index (χ4n) is 1.44. The molecule has 0 saturated carbocycles. The molecule has 0 heterocycles. The summed E-state index contributed by atoms with van der Waals surface area (Å²) in [7, 11) is 1.38. The van der Waals surface area contributed by atoms with Crippen LogP contribution in [0.5, 0.6) is 0 Å². The molecular weight excluding hydrogens is 204 g/mol. The average Bonchev–Trinajstić information content (AvgIpc) is 2.31. The van der Waals surface area contributed by atoms with Crippen molar-refractivity contribution in [3.8, 4) is 0 Å². The smallest absolute Gasteiger partial charge is 0.330 e. The molecule has 0 radical (unpaired) electrons. The maximum absolute atomic E-state index is 10.7. The number of rotatable bonds is 10. The van der Waals surface area contributed by atoms with Gasteiger partial charge in [-0.25, -0.2) is 4.79 Å². The molecule has 3 heteroatoms. The Bertz CT molecular complexity index is 209. The van der Waals surface area contributed by atoms with E-state index in [2.05, 4.69) is 4.74 Å². The van der Waals surface area contributed by atoms with Gasteiger partial charge in [-0.3, -0.25) is 0 Å². The minimum Gasteiger partial charge on any atom is -0.466 e. The molecule has 16 heavy (non-hydrogen) atoms. The summed E-state index contributed by atoms with van der Waals surface area (Å²) in [4.78, 5) is 20.8. The van der Waals surface area contributed by atoms with E-state index in [9.17, 15) is 9.59 Å². The molecule has 0 aromatic heterocycles. The summed E-state index contributed by atoms with van der Waals surface area (Å²) >= 11 is 0. The number of allylic oxidation sites excluding steroid dienone is 1. The molecular formula is C13H22O3. The second-order valence-corrected chi connectivity index (χ2v) is 3.79. The highest BCUT2D eigenvalue weighted by molar-refractivity contribution is 5.81. The van der Waals surface area contributed by atoms with Crippen LogP contribution in [0.1, 0.15) is 51.4 Å². The number of esters is 1. The summed E-state index contributed by atoms with van der Waals surface area (Å²) in [5.74, 6) is -0.283. The molecule has 0 saturated heterocycles. The Morgan fingerprint density at radius 1 is 1.00 bits per heavy atom. The van der Waals surface area contributed by atoms with Gasteiger partial charge in [-0.15, -0.1) is 0 Å². The van der Waals surface area contributed by atoms with E-state index in [1.807, 2.05) is 6.08 Å². The van der Waals surface area contributed by atoms with Crippen molar-refractivity contribution in [1.29, 1.82) is 0 Å². The molecule has 0 spiro atoms. The molecule has 0 amide bonds. The van der Waals surface area contributed by atoms with Crippen molar-refractivity contribution in [3.05, 3.63) is 12.2 Å². The largest absolute Gasteiger partial charge is 0.466 e. The highest BCUT2D eigenvalue weighted by atomic mass is 16.5. The normalized spacial score (nSPS) is 10.6. The summed E-state index contributed by atoms with van der Waals surface area (Å²) in [6, 6.07) is 0. The van der Waals surface area contributed by atoms with E-state index in [0.717, 1.165) is 32.0 Å². The number of ether oxygens (including phenoxy) is 1. The molecule has 0 aromatic rings. The third-order valence-electron chi connectivity index (χ3n) is 2.40. The number of unbranched alkanes of at least 4 members (excludes halogenated alkanes) is 7. The summed E-state index contributed by atoms with van der Waals surface area (Å²) in [5, 5.41) is 0. The van der Waals surface area contributed by atoms with Gasteiger partial charge in [-0.05, 0) is 19.3 Å². The van der Waals surface area contributed by atoms with Gasteiger partial charge in [-0.2, -0.15) is 0 Å². The van der Waals surface area contributed by atoms with Crippen LogP contribution in [0.2, 0.25) is 0 Å². The van der Waals surface area contributed by atoms with Crippen molar-refractivity contribution in [1.82, 2.24) is 0 Å². The van der Waals surface area contributed by atoms with Gasteiger partial charge in [0, 0.05) is 12.5 Å². The fourth-order valence-corrected chi connectivity index (χ4v) is 1.44. The Hall–Kier alpha value is -1.12. The first-order valence-corrected chi connectivity index (χ1v) is 5.99. The van der Waals surface area contributed by atoms with Crippen LogP contribution in [-0.4, -0.2) is 19.4 Å². The van der Waals surface area contributed by atoms with E-state index < -0.39 is 0 Å². The van der Waals surface area contributed by atoms with Crippen LogP contribution in [0.3, 0.4) is 0 Å². The predicted molar refractivity (Wildman–Crippen MR) is 64.2 cm³/mol. The molecule has 0 bridgehead atoms. The number of carbonyl (C=O) groups is 2. The highest BCUT2D eigenvalue weighted by Gasteiger charge is 1.92. The van der Waals surface area contributed by atoms with Gasteiger partial charge >= 0.3 is 5.97 Å². The molecule has 3 nitrogen and oxygen atoms in total.